The number of carbonyl (C=O) groups excluding carboxylic acids is 2. The molecule has 1 fully saturated rings. The zero-order valence-electron chi connectivity index (χ0n) is 16.0. The monoisotopic (exact) mass is 395 g/mol. The molecule has 2 amide bonds. The summed E-state index contributed by atoms with van der Waals surface area (Å²) in [5.41, 5.74) is 0.817. The number of rotatable bonds is 4. The molecule has 0 bridgehead atoms. The van der Waals surface area contributed by atoms with Gasteiger partial charge in [0.15, 0.2) is 11.6 Å². The second kappa shape index (κ2) is 8.23. The van der Waals surface area contributed by atoms with Crippen LogP contribution in [0.5, 0.6) is 0 Å². The topological polar surface area (TPSA) is 64.4 Å². The maximum Gasteiger partial charge on any atom is 0.270 e. The second-order valence-corrected chi connectivity index (χ2v) is 6.81. The first-order valence-corrected chi connectivity index (χ1v) is 9.01. The number of amides is 2. The Morgan fingerprint density at radius 2 is 1.79 bits per heavy atom. The Morgan fingerprint density at radius 3 is 2.45 bits per heavy atom. The quantitative estimate of drug-likeness (QED) is 0.748. The Balaban J connectivity index is 1.87. The molecule has 0 radical (unpaired) electrons. The van der Waals surface area contributed by atoms with Crippen molar-refractivity contribution in [3.63, 3.8) is 0 Å². The van der Waals surface area contributed by atoms with E-state index in [1.165, 1.54) is 36.0 Å². The predicted octanol–water partition coefficient (Wildman–Crippen LogP) is 2.80. The number of piperazine rings is 1. The highest BCUT2D eigenvalue weighted by Crippen LogP contribution is 2.23. The fraction of sp³-hybridized carbons (Fsp3) is 0.227. The summed E-state index contributed by atoms with van der Waals surface area (Å²) in [6.07, 6.45) is 1.53. The van der Waals surface area contributed by atoms with Crippen molar-refractivity contribution >= 4 is 11.8 Å². The fourth-order valence-electron chi connectivity index (χ4n) is 3.36. The highest BCUT2D eigenvalue weighted by atomic mass is 19.2. The van der Waals surface area contributed by atoms with Gasteiger partial charge in [-0.3, -0.25) is 9.59 Å². The number of hydrogen-bond donors (Lipinski definition) is 0. The summed E-state index contributed by atoms with van der Waals surface area (Å²) in [5, 5.41) is 9.13. The van der Waals surface area contributed by atoms with Crippen LogP contribution in [0.1, 0.15) is 16.7 Å². The van der Waals surface area contributed by atoms with Gasteiger partial charge >= 0.3 is 0 Å². The van der Waals surface area contributed by atoms with Crippen LogP contribution in [0, 0.1) is 23.0 Å². The Bertz CT molecular complexity index is 1030. The minimum Gasteiger partial charge on any atom is -0.328 e. The van der Waals surface area contributed by atoms with Crippen LogP contribution in [0.15, 0.2) is 54.2 Å². The van der Waals surface area contributed by atoms with Crippen LogP contribution in [0.25, 0.3) is 0 Å². The van der Waals surface area contributed by atoms with E-state index in [1.807, 2.05) is 36.4 Å². The Hall–Kier alpha value is -3.53. The first-order valence-electron chi connectivity index (χ1n) is 9.01. The Morgan fingerprint density at radius 1 is 1.10 bits per heavy atom. The number of hydrogen-bond acceptors (Lipinski definition) is 3. The SMILES string of the molecule is CN1C(=O)C(Cc2ccccc2)N(C)C(=O)C1=CCc1c(C#N)ccc(F)c1F. The molecule has 5 nitrogen and oxygen atoms in total. The molecule has 1 aliphatic rings. The van der Waals surface area contributed by atoms with Gasteiger partial charge in [-0.25, -0.2) is 8.78 Å². The molecule has 0 N–H and O–H groups in total. The fourth-order valence-corrected chi connectivity index (χ4v) is 3.36. The minimum absolute atomic E-state index is 0.0201. The summed E-state index contributed by atoms with van der Waals surface area (Å²) in [7, 11) is 3.02. The van der Waals surface area contributed by atoms with Gasteiger partial charge in [0, 0.05) is 26.1 Å². The van der Waals surface area contributed by atoms with Crippen molar-refractivity contribution in [3.8, 4) is 6.07 Å². The normalized spacial score (nSPS) is 18.3. The summed E-state index contributed by atoms with van der Waals surface area (Å²) in [6.45, 7) is 0. The smallest absolute Gasteiger partial charge is 0.270 e. The van der Waals surface area contributed by atoms with Crippen molar-refractivity contribution in [1.29, 1.82) is 5.26 Å². The lowest BCUT2D eigenvalue weighted by atomic mass is 9.99. The molecule has 0 aromatic heterocycles. The molecule has 0 aliphatic carbocycles. The van der Waals surface area contributed by atoms with Gasteiger partial charge in [-0.15, -0.1) is 0 Å². The zero-order valence-corrected chi connectivity index (χ0v) is 16.0. The second-order valence-electron chi connectivity index (χ2n) is 6.81. The Labute approximate surface area is 167 Å². The molecule has 7 heteroatoms. The average molecular weight is 395 g/mol. The first kappa shape index (κ1) is 20.2. The van der Waals surface area contributed by atoms with Gasteiger partial charge in [0.05, 0.1) is 11.6 Å². The molecule has 1 aliphatic heterocycles. The summed E-state index contributed by atoms with van der Waals surface area (Å²) in [6, 6.07) is 12.6. The third-order valence-electron chi connectivity index (χ3n) is 5.07. The predicted molar refractivity (Wildman–Crippen MR) is 102 cm³/mol. The molecule has 0 spiro atoms. The molecule has 1 unspecified atom stereocenters. The number of nitrogens with zero attached hydrogens (tertiary/aromatic N) is 3. The van der Waals surface area contributed by atoms with Crippen LogP contribution < -0.4 is 0 Å². The van der Waals surface area contributed by atoms with Crippen molar-refractivity contribution in [2.45, 2.75) is 18.9 Å². The van der Waals surface area contributed by atoms with E-state index in [0.717, 1.165) is 11.6 Å². The van der Waals surface area contributed by atoms with Gasteiger partial charge in [0.1, 0.15) is 11.7 Å². The van der Waals surface area contributed by atoms with E-state index in [9.17, 15) is 18.4 Å². The lowest BCUT2D eigenvalue weighted by Crippen LogP contribution is -2.56. The minimum atomic E-state index is -1.13. The molecule has 2 aromatic rings. The summed E-state index contributed by atoms with van der Waals surface area (Å²) in [5.74, 6) is -2.88. The van der Waals surface area contributed by atoms with Gasteiger partial charge < -0.3 is 9.80 Å². The van der Waals surface area contributed by atoms with E-state index in [0.29, 0.717) is 6.42 Å². The van der Waals surface area contributed by atoms with Crippen molar-refractivity contribution in [2.24, 2.45) is 0 Å². The van der Waals surface area contributed by atoms with Crippen LogP contribution in [0.4, 0.5) is 8.78 Å². The lowest BCUT2D eigenvalue weighted by Gasteiger charge is -2.38. The highest BCUT2D eigenvalue weighted by molar-refractivity contribution is 6.04. The van der Waals surface area contributed by atoms with Gasteiger partial charge in [-0.1, -0.05) is 36.4 Å². The third-order valence-corrected chi connectivity index (χ3v) is 5.07. The van der Waals surface area contributed by atoms with E-state index in [2.05, 4.69) is 0 Å². The molecule has 0 saturated carbocycles. The Kier molecular flexibility index (Phi) is 5.74. The van der Waals surface area contributed by atoms with Gasteiger partial charge in [0.2, 0.25) is 5.91 Å². The average Bonchev–Trinajstić information content (AvgIpc) is 2.73. The number of carbonyl (C=O) groups is 2. The summed E-state index contributed by atoms with van der Waals surface area (Å²) < 4.78 is 27.7. The molecular formula is C22H19F2N3O2. The maximum atomic E-state index is 14.1. The van der Waals surface area contributed by atoms with E-state index < -0.39 is 23.6 Å². The van der Waals surface area contributed by atoms with Crippen molar-refractivity contribution in [1.82, 2.24) is 9.80 Å². The molecule has 148 valence electrons. The van der Waals surface area contributed by atoms with E-state index >= 15 is 0 Å². The van der Waals surface area contributed by atoms with Crippen LogP contribution in [0.3, 0.4) is 0 Å². The number of likely N-dealkylation sites (N-methyl/N-ethyl adjacent to an activating group) is 2. The third kappa shape index (κ3) is 3.87. The molecule has 1 atom stereocenters. The van der Waals surface area contributed by atoms with Gasteiger partial charge in [-0.05, 0) is 24.1 Å². The highest BCUT2D eigenvalue weighted by Gasteiger charge is 2.39. The van der Waals surface area contributed by atoms with Crippen LogP contribution in [-0.2, 0) is 22.4 Å². The van der Waals surface area contributed by atoms with E-state index in [4.69, 9.17) is 5.26 Å². The molecule has 3 rings (SSSR count). The summed E-state index contributed by atoms with van der Waals surface area (Å²) in [4.78, 5) is 28.3. The number of halogens is 2. The number of benzene rings is 2. The first-order chi connectivity index (χ1) is 13.8. The zero-order chi connectivity index (χ0) is 21.1. The number of nitriles is 1. The molecular weight excluding hydrogens is 376 g/mol. The van der Waals surface area contributed by atoms with Crippen LogP contribution in [0.2, 0.25) is 0 Å². The molecule has 1 heterocycles. The van der Waals surface area contributed by atoms with E-state index in [1.54, 1.807) is 0 Å². The van der Waals surface area contributed by atoms with Crippen molar-refractivity contribution < 1.29 is 18.4 Å². The standard InChI is InChI=1S/C22H19F2N3O2/c1-26-18(11-9-16-15(13-25)8-10-17(23)20(16)24)21(28)27(2)19(22(26)29)12-14-6-4-3-5-7-14/h3-8,10-11,19H,9,12H2,1-2H3. The summed E-state index contributed by atoms with van der Waals surface area (Å²) >= 11 is 0. The molecule has 2 aromatic carbocycles. The van der Waals surface area contributed by atoms with Crippen LogP contribution in [-0.4, -0.2) is 41.8 Å². The molecule has 1 saturated heterocycles. The van der Waals surface area contributed by atoms with Crippen molar-refractivity contribution in [2.75, 3.05) is 14.1 Å². The maximum absolute atomic E-state index is 14.1. The van der Waals surface area contributed by atoms with Gasteiger partial charge in [0.25, 0.3) is 5.91 Å². The lowest BCUT2D eigenvalue weighted by molar-refractivity contribution is -0.148. The largest absolute Gasteiger partial charge is 0.328 e. The number of allylic oxidation sites excluding steroid dienone is 1. The molecule has 29 heavy (non-hydrogen) atoms. The van der Waals surface area contributed by atoms with E-state index in [-0.39, 0.29) is 29.2 Å². The van der Waals surface area contributed by atoms with Gasteiger partial charge in [-0.2, -0.15) is 5.26 Å². The van der Waals surface area contributed by atoms with Crippen LogP contribution >= 0.6 is 0 Å². The van der Waals surface area contributed by atoms with Crippen molar-refractivity contribution in [3.05, 3.63) is 82.6 Å².